The monoisotopic (exact) mass is 358 g/mol. The summed E-state index contributed by atoms with van der Waals surface area (Å²) in [6.45, 7) is -2.95. The fraction of sp³-hybridized carbons (Fsp3) is 0.300. The highest BCUT2D eigenvalue weighted by molar-refractivity contribution is 8.08. The van der Waals surface area contributed by atoms with Gasteiger partial charge in [-0.3, -0.25) is 10.2 Å². The van der Waals surface area contributed by atoms with Crippen molar-refractivity contribution in [1.82, 2.24) is 10.6 Å². The van der Waals surface area contributed by atoms with Crippen LogP contribution in [0, 0.1) is 0 Å². The largest absolute Gasteiger partial charge is 0.482 e. The molecule has 6 nitrogen and oxygen atoms in total. The molecule has 0 aliphatic heterocycles. The second kappa shape index (κ2) is 8.14. The summed E-state index contributed by atoms with van der Waals surface area (Å²) in [6, 6.07) is 4.69. The Bertz CT molecular complexity index is 524. The molecule has 1 aromatic carbocycles. The quantitative estimate of drug-likeness (QED) is 0.576. The number of hydrogen-bond donors (Lipinski definition) is 2. The highest BCUT2D eigenvalue weighted by Crippen LogP contribution is 2.40. The Labute approximate surface area is 131 Å². The van der Waals surface area contributed by atoms with Crippen molar-refractivity contribution >= 4 is 47.6 Å². The Morgan fingerprint density at radius 3 is 2.55 bits per heavy atom. The number of ether oxygens (including phenoxy) is 1. The maximum Gasteiger partial charge on any atom is 0.278 e. The molecule has 0 aliphatic rings. The van der Waals surface area contributed by atoms with E-state index in [-0.39, 0.29) is 6.61 Å². The van der Waals surface area contributed by atoms with Crippen LogP contribution in [-0.2, 0) is 25.6 Å². The summed E-state index contributed by atoms with van der Waals surface area (Å²) in [5, 5.41) is 3.30. The van der Waals surface area contributed by atoms with Crippen molar-refractivity contribution in [3.05, 3.63) is 28.2 Å². The fourth-order valence-corrected chi connectivity index (χ4v) is 2.26. The van der Waals surface area contributed by atoms with Crippen LogP contribution in [0.4, 0.5) is 0 Å². The zero-order valence-electron chi connectivity index (χ0n) is 10.7. The molecule has 1 aromatic rings. The van der Waals surface area contributed by atoms with Gasteiger partial charge in [-0.2, -0.15) is 5.20 Å². The van der Waals surface area contributed by atoms with Crippen molar-refractivity contribution in [2.75, 3.05) is 20.8 Å². The molecule has 0 saturated carbocycles. The number of hydrazine groups is 1. The van der Waals surface area contributed by atoms with Crippen molar-refractivity contribution in [1.29, 1.82) is 0 Å². The van der Waals surface area contributed by atoms with Crippen LogP contribution in [0.25, 0.3) is 0 Å². The minimum absolute atomic E-state index is 0.253. The van der Waals surface area contributed by atoms with Crippen molar-refractivity contribution in [3.63, 3.8) is 0 Å². The van der Waals surface area contributed by atoms with Gasteiger partial charge in [0.15, 0.2) is 6.61 Å². The molecule has 0 fully saturated rings. The first-order chi connectivity index (χ1) is 9.40. The first-order valence-electron chi connectivity index (χ1n) is 5.25. The fourth-order valence-electron chi connectivity index (χ4n) is 1.07. The predicted octanol–water partition coefficient (Wildman–Crippen LogP) is 2.51. The van der Waals surface area contributed by atoms with Crippen LogP contribution in [0.3, 0.4) is 0 Å². The zero-order valence-corrected chi connectivity index (χ0v) is 13.9. The van der Waals surface area contributed by atoms with Crippen LogP contribution < -0.4 is 15.4 Å². The molecule has 2 N–H and O–H groups in total. The molecule has 1 amide bonds. The van der Waals surface area contributed by atoms with E-state index in [1.807, 2.05) is 0 Å². The molecule has 20 heavy (non-hydrogen) atoms. The average Bonchev–Trinajstić information content (AvgIpc) is 2.44. The smallest absolute Gasteiger partial charge is 0.278 e. The van der Waals surface area contributed by atoms with Crippen LogP contribution in [0.5, 0.6) is 5.75 Å². The number of halogens is 2. The number of carbonyl (C=O) groups excluding carboxylic acids is 1. The van der Waals surface area contributed by atoms with E-state index in [2.05, 4.69) is 10.6 Å². The lowest BCUT2D eigenvalue weighted by atomic mass is 10.3. The Morgan fingerprint density at radius 2 is 2.00 bits per heavy atom. The van der Waals surface area contributed by atoms with Gasteiger partial charge in [-0.15, -0.1) is 0 Å². The lowest BCUT2D eigenvalue weighted by Gasteiger charge is -2.19. The number of benzene rings is 1. The molecule has 0 heterocycles. The summed E-state index contributed by atoms with van der Waals surface area (Å²) in [6.07, 6.45) is 0. The highest BCUT2D eigenvalue weighted by atomic mass is 35.5. The normalized spacial score (nSPS) is 11.2. The third-order valence-electron chi connectivity index (χ3n) is 2.07. The van der Waals surface area contributed by atoms with Gasteiger partial charge in [0, 0.05) is 19.2 Å². The summed E-state index contributed by atoms with van der Waals surface area (Å²) in [5.74, 6) is -0.108. The van der Waals surface area contributed by atoms with Crippen LogP contribution in [-0.4, -0.2) is 26.7 Å². The SMILES string of the molecule is COP(=S)(NNC(=O)COc1ccc(Cl)cc1Cl)OC. The van der Waals surface area contributed by atoms with Crippen LogP contribution in [0.1, 0.15) is 0 Å². The molecule has 1 rings (SSSR count). The van der Waals surface area contributed by atoms with E-state index < -0.39 is 12.5 Å². The minimum Gasteiger partial charge on any atom is -0.482 e. The number of hydrogen-bond acceptors (Lipinski definition) is 5. The molecule has 0 unspecified atom stereocenters. The van der Waals surface area contributed by atoms with Gasteiger partial charge in [0.2, 0.25) is 0 Å². The Balaban J connectivity index is 2.46. The third-order valence-corrected chi connectivity index (χ3v) is 5.11. The Kier molecular flexibility index (Phi) is 7.19. The van der Waals surface area contributed by atoms with Gasteiger partial charge in [-0.25, -0.2) is 0 Å². The summed E-state index contributed by atoms with van der Waals surface area (Å²) in [5.41, 5.74) is 2.34. The van der Waals surface area contributed by atoms with Crippen LogP contribution in [0.2, 0.25) is 10.0 Å². The van der Waals surface area contributed by atoms with Crippen molar-refractivity contribution < 1.29 is 18.6 Å². The summed E-state index contributed by atoms with van der Waals surface area (Å²) >= 11 is 16.6. The first-order valence-corrected chi connectivity index (χ1v) is 8.65. The lowest BCUT2D eigenvalue weighted by Crippen LogP contribution is -2.38. The van der Waals surface area contributed by atoms with E-state index in [9.17, 15) is 4.79 Å². The van der Waals surface area contributed by atoms with E-state index in [4.69, 9.17) is 48.8 Å². The standard InChI is InChI=1S/C10H13Cl2N2O4PS/c1-16-19(20,17-2)14-13-10(15)6-18-9-4-3-7(11)5-8(9)12/h3-5H,6H2,1-2H3,(H,13,15)(H,14,20). The van der Waals surface area contributed by atoms with Gasteiger partial charge in [0.1, 0.15) is 5.75 Å². The number of carbonyl (C=O) groups is 1. The molecule has 0 radical (unpaired) electrons. The highest BCUT2D eigenvalue weighted by Gasteiger charge is 2.16. The summed E-state index contributed by atoms with van der Waals surface area (Å²) < 4.78 is 15.1. The van der Waals surface area contributed by atoms with E-state index in [0.29, 0.717) is 15.8 Å². The molecule has 0 spiro atoms. The van der Waals surface area contributed by atoms with Gasteiger partial charge in [-0.1, -0.05) is 23.2 Å². The van der Waals surface area contributed by atoms with Gasteiger partial charge in [0.05, 0.1) is 5.02 Å². The lowest BCUT2D eigenvalue weighted by molar-refractivity contribution is -0.123. The maximum atomic E-state index is 11.6. The minimum atomic E-state index is -2.69. The van der Waals surface area contributed by atoms with E-state index >= 15 is 0 Å². The van der Waals surface area contributed by atoms with Gasteiger partial charge >= 0.3 is 0 Å². The molecule has 112 valence electrons. The van der Waals surface area contributed by atoms with Crippen molar-refractivity contribution in [3.8, 4) is 5.75 Å². The average molecular weight is 359 g/mol. The Morgan fingerprint density at radius 1 is 1.35 bits per heavy atom. The topological polar surface area (TPSA) is 68.8 Å². The van der Waals surface area contributed by atoms with E-state index in [1.54, 1.807) is 12.1 Å². The van der Waals surface area contributed by atoms with E-state index in [0.717, 1.165) is 0 Å². The molecule has 0 aromatic heterocycles. The maximum absolute atomic E-state index is 11.6. The zero-order chi connectivity index (χ0) is 15.2. The number of amides is 1. The Hall–Kier alpha value is -0.400. The van der Waals surface area contributed by atoms with Gasteiger partial charge in [0.25, 0.3) is 12.5 Å². The molecule has 0 atom stereocenters. The number of nitrogens with one attached hydrogen (secondary N) is 2. The molecule has 0 saturated heterocycles. The van der Waals surface area contributed by atoms with Crippen LogP contribution >= 0.6 is 29.8 Å². The predicted molar refractivity (Wildman–Crippen MR) is 81.5 cm³/mol. The van der Waals surface area contributed by atoms with E-state index in [1.165, 1.54) is 20.3 Å². The first kappa shape index (κ1) is 17.7. The van der Waals surface area contributed by atoms with Crippen molar-refractivity contribution in [2.45, 2.75) is 0 Å². The number of rotatable bonds is 7. The van der Waals surface area contributed by atoms with Crippen molar-refractivity contribution in [2.24, 2.45) is 0 Å². The summed E-state index contributed by atoms with van der Waals surface area (Å²) in [4.78, 5) is 11.6. The molecular formula is C10H13Cl2N2O4PS. The molecule has 0 aliphatic carbocycles. The van der Waals surface area contributed by atoms with Gasteiger partial charge in [-0.05, 0) is 30.0 Å². The molecular weight excluding hydrogens is 346 g/mol. The third kappa shape index (κ3) is 5.54. The molecule has 0 bridgehead atoms. The second-order valence-electron chi connectivity index (χ2n) is 3.39. The van der Waals surface area contributed by atoms with Gasteiger partial charge < -0.3 is 13.8 Å². The summed E-state index contributed by atoms with van der Waals surface area (Å²) in [7, 11) is 2.76. The molecule has 10 heteroatoms. The second-order valence-corrected chi connectivity index (χ2v) is 7.62. The van der Waals surface area contributed by atoms with Crippen LogP contribution in [0.15, 0.2) is 18.2 Å².